The summed E-state index contributed by atoms with van der Waals surface area (Å²) in [6, 6.07) is 1.96. The van der Waals surface area contributed by atoms with Crippen LogP contribution in [0.1, 0.15) is 28.5 Å². The van der Waals surface area contributed by atoms with Gasteiger partial charge in [0.25, 0.3) is 0 Å². The van der Waals surface area contributed by atoms with E-state index in [1.54, 1.807) is 13.8 Å². The number of carbonyl (C=O) groups excluding carboxylic acids is 1. The van der Waals surface area contributed by atoms with Crippen LogP contribution in [-0.2, 0) is 4.74 Å². The van der Waals surface area contributed by atoms with Crippen LogP contribution < -0.4 is 0 Å². The number of esters is 1. The number of carbonyl (C=O) groups is 1. The molecule has 0 aliphatic rings. The van der Waals surface area contributed by atoms with Crippen LogP contribution in [0.4, 0.5) is 0 Å². The van der Waals surface area contributed by atoms with Crippen LogP contribution in [0.5, 0.6) is 0 Å². The van der Waals surface area contributed by atoms with Gasteiger partial charge in [0.1, 0.15) is 6.07 Å². The third-order valence-corrected chi connectivity index (χ3v) is 2.31. The zero-order chi connectivity index (χ0) is 11.4. The summed E-state index contributed by atoms with van der Waals surface area (Å²) < 4.78 is 5.06. The minimum Gasteiger partial charge on any atom is -0.462 e. The van der Waals surface area contributed by atoms with Crippen LogP contribution in [0.15, 0.2) is 6.20 Å². The van der Waals surface area contributed by atoms with Crippen molar-refractivity contribution in [3.63, 3.8) is 0 Å². The SMILES string of the molecule is CCOC(=O)c1c[nH]c(C)c(C#N)c1=S. The Kier molecular flexibility index (Phi) is 3.58. The number of ether oxygens (including phenoxy) is 1. The normalized spacial score (nSPS) is 9.40. The van der Waals surface area contributed by atoms with E-state index in [2.05, 4.69) is 4.98 Å². The molecule has 0 aliphatic carbocycles. The molecule has 0 amide bonds. The van der Waals surface area contributed by atoms with E-state index in [4.69, 9.17) is 22.2 Å². The average molecular weight is 222 g/mol. The summed E-state index contributed by atoms with van der Waals surface area (Å²) in [5, 5.41) is 8.85. The third-order valence-electron chi connectivity index (χ3n) is 1.89. The number of aromatic amines is 1. The molecule has 1 aromatic rings. The van der Waals surface area contributed by atoms with E-state index in [0.717, 1.165) is 0 Å². The summed E-state index contributed by atoms with van der Waals surface area (Å²) in [5.74, 6) is -0.504. The first-order valence-corrected chi connectivity index (χ1v) is 4.82. The van der Waals surface area contributed by atoms with Gasteiger partial charge in [0, 0.05) is 11.9 Å². The number of rotatable bonds is 2. The lowest BCUT2D eigenvalue weighted by Gasteiger charge is -2.04. The van der Waals surface area contributed by atoms with Crippen molar-refractivity contribution in [2.75, 3.05) is 6.61 Å². The van der Waals surface area contributed by atoms with Crippen molar-refractivity contribution < 1.29 is 9.53 Å². The Labute approximate surface area is 92.5 Å². The molecule has 1 heterocycles. The zero-order valence-electron chi connectivity index (χ0n) is 8.46. The molecule has 0 bridgehead atoms. The molecule has 1 N–H and O–H groups in total. The van der Waals surface area contributed by atoms with E-state index in [-0.39, 0.29) is 16.7 Å². The van der Waals surface area contributed by atoms with E-state index < -0.39 is 5.97 Å². The first-order chi connectivity index (χ1) is 7.11. The first-order valence-electron chi connectivity index (χ1n) is 4.41. The molecular formula is C10H10N2O2S. The summed E-state index contributed by atoms with van der Waals surface area (Å²) in [5.41, 5.74) is 1.19. The van der Waals surface area contributed by atoms with Crippen LogP contribution >= 0.6 is 12.2 Å². The molecule has 0 spiro atoms. The van der Waals surface area contributed by atoms with Crippen molar-refractivity contribution in [1.82, 2.24) is 4.98 Å². The highest BCUT2D eigenvalue weighted by Crippen LogP contribution is 2.11. The Morgan fingerprint density at radius 1 is 1.73 bits per heavy atom. The van der Waals surface area contributed by atoms with E-state index in [1.165, 1.54) is 6.20 Å². The third kappa shape index (κ3) is 2.22. The Balaban J connectivity index is 3.30. The fraction of sp³-hybridized carbons (Fsp3) is 0.300. The zero-order valence-corrected chi connectivity index (χ0v) is 9.27. The first kappa shape index (κ1) is 11.4. The Morgan fingerprint density at radius 3 is 2.93 bits per heavy atom. The number of hydrogen-bond donors (Lipinski definition) is 1. The van der Waals surface area contributed by atoms with Gasteiger partial charge in [-0.1, -0.05) is 12.2 Å². The summed E-state index contributed by atoms with van der Waals surface area (Å²) in [4.78, 5) is 14.2. The van der Waals surface area contributed by atoms with Crippen LogP contribution in [0.3, 0.4) is 0 Å². The highest BCUT2D eigenvalue weighted by molar-refractivity contribution is 7.71. The summed E-state index contributed by atoms with van der Waals surface area (Å²) in [6.07, 6.45) is 1.47. The highest BCUT2D eigenvalue weighted by Gasteiger charge is 2.12. The van der Waals surface area contributed by atoms with E-state index in [9.17, 15) is 4.79 Å². The van der Waals surface area contributed by atoms with Crippen LogP contribution in [0, 0.1) is 22.8 Å². The molecule has 15 heavy (non-hydrogen) atoms. The van der Waals surface area contributed by atoms with Crippen molar-refractivity contribution >= 4 is 18.2 Å². The van der Waals surface area contributed by atoms with E-state index in [0.29, 0.717) is 11.3 Å². The Morgan fingerprint density at radius 2 is 2.40 bits per heavy atom. The number of pyridine rings is 1. The molecule has 1 rings (SSSR count). The molecule has 0 saturated heterocycles. The average Bonchev–Trinajstić information content (AvgIpc) is 2.18. The molecule has 5 heteroatoms. The number of aromatic nitrogens is 1. The molecule has 0 aromatic carbocycles. The van der Waals surface area contributed by atoms with Crippen LogP contribution in [0.25, 0.3) is 0 Å². The second kappa shape index (κ2) is 4.71. The van der Waals surface area contributed by atoms with Gasteiger partial charge in [0.05, 0.1) is 22.2 Å². The molecule has 78 valence electrons. The van der Waals surface area contributed by atoms with Gasteiger partial charge in [0.15, 0.2) is 0 Å². The van der Waals surface area contributed by atoms with Crippen molar-refractivity contribution in [2.45, 2.75) is 13.8 Å². The monoisotopic (exact) mass is 222 g/mol. The number of H-pyrrole nitrogens is 1. The molecule has 0 fully saturated rings. The number of aryl methyl sites for hydroxylation is 1. The second-order valence-corrected chi connectivity index (χ2v) is 3.27. The molecule has 0 atom stereocenters. The van der Waals surface area contributed by atoms with Gasteiger partial charge in [-0.2, -0.15) is 5.26 Å². The molecule has 0 radical (unpaired) electrons. The smallest absolute Gasteiger partial charge is 0.341 e. The fourth-order valence-corrected chi connectivity index (χ4v) is 1.46. The van der Waals surface area contributed by atoms with Crippen molar-refractivity contribution in [3.05, 3.63) is 27.5 Å². The van der Waals surface area contributed by atoms with Gasteiger partial charge in [-0.25, -0.2) is 4.79 Å². The number of nitrogens with zero attached hydrogens (tertiary/aromatic N) is 1. The van der Waals surface area contributed by atoms with Gasteiger partial charge in [-0.05, 0) is 13.8 Å². The topological polar surface area (TPSA) is 65.9 Å². The van der Waals surface area contributed by atoms with Crippen LogP contribution in [0.2, 0.25) is 0 Å². The lowest BCUT2D eigenvalue weighted by atomic mass is 10.1. The highest BCUT2D eigenvalue weighted by atomic mass is 32.1. The maximum absolute atomic E-state index is 11.4. The summed E-state index contributed by atoms with van der Waals surface area (Å²) in [7, 11) is 0. The number of nitrogens with one attached hydrogen (secondary N) is 1. The fourth-order valence-electron chi connectivity index (χ4n) is 1.12. The summed E-state index contributed by atoms with van der Waals surface area (Å²) in [6.45, 7) is 3.72. The molecule has 0 saturated carbocycles. The molecular weight excluding hydrogens is 212 g/mol. The number of hydrogen-bond acceptors (Lipinski definition) is 4. The summed E-state index contributed by atoms with van der Waals surface area (Å²) >= 11 is 5.03. The van der Waals surface area contributed by atoms with Gasteiger partial charge in [-0.3, -0.25) is 0 Å². The van der Waals surface area contributed by atoms with Crippen molar-refractivity contribution in [3.8, 4) is 6.07 Å². The minimum atomic E-state index is -0.504. The minimum absolute atomic E-state index is 0.231. The van der Waals surface area contributed by atoms with Gasteiger partial charge in [-0.15, -0.1) is 0 Å². The van der Waals surface area contributed by atoms with Crippen LogP contribution in [-0.4, -0.2) is 17.6 Å². The maximum atomic E-state index is 11.4. The van der Waals surface area contributed by atoms with E-state index >= 15 is 0 Å². The largest absolute Gasteiger partial charge is 0.462 e. The lowest BCUT2D eigenvalue weighted by molar-refractivity contribution is 0.0525. The standard InChI is InChI=1S/C10H10N2O2S/c1-3-14-10(13)8-5-12-6(2)7(4-11)9(8)15/h5H,3H2,1-2H3,(H,12,15). The molecule has 0 unspecified atom stereocenters. The Hall–Kier alpha value is -1.67. The van der Waals surface area contributed by atoms with E-state index in [1.807, 2.05) is 6.07 Å². The predicted octanol–water partition coefficient (Wildman–Crippen LogP) is 2.10. The predicted molar refractivity (Wildman–Crippen MR) is 57.0 cm³/mol. The van der Waals surface area contributed by atoms with Crippen molar-refractivity contribution in [2.24, 2.45) is 0 Å². The van der Waals surface area contributed by atoms with Gasteiger partial charge in [0.2, 0.25) is 0 Å². The number of nitriles is 1. The molecule has 1 aromatic heterocycles. The van der Waals surface area contributed by atoms with Gasteiger partial charge >= 0.3 is 5.97 Å². The molecule has 4 nitrogen and oxygen atoms in total. The Bertz CT molecular complexity index is 485. The van der Waals surface area contributed by atoms with Gasteiger partial charge < -0.3 is 9.72 Å². The quantitative estimate of drug-likeness (QED) is 0.614. The molecule has 0 aliphatic heterocycles. The maximum Gasteiger partial charge on any atom is 0.341 e. The second-order valence-electron chi connectivity index (χ2n) is 2.86. The van der Waals surface area contributed by atoms with Crippen molar-refractivity contribution in [1.29, 1.82) is 5.26 Å². The lowest BCUT2D eigenvalue weighted by Crippen LogP contribution is -2.07.